The highest BCUT2D eigenvalue weighted by atomic mass is 15.2. The normalized spacial score (nSPS) is 14.8. The number of aryl methyl sites for hydroxylation is 1. The molecule has 20 heavy (non-hydrogen) atoms. The molecule has 1 rings (SSSR count). The zero-order chi connectivity index (χ0) is 15.1. The molecular formula is C17H31N3. The number of nitrogens with two attached hydrogens (primary N) is 1. The van der Waals surface area contributed by atoms with Crippen LogP contribution in [0.25, 0.3) is 0 Å². The van der Waals surface area contributed by atoms with Gasteiger partial charge in [0.25, 0.3) is 0 Å². The van der Waals surface area contributed by atoms with Gasteiger partial charge in [-0.2, -0.15) is 0 Å². The van der Waals surface area contributed by atoms with Crippen LogP contribution >= 0.6 is 0 Å². The first kappa shape index (κ1) is 17.2. The summed E-state index contributed by atoms with van der Waals surface area (Å²) in [5.74, 6) is 0. The molecule has 2 unspecified atom stereocenters. The first-order valence-corrected chi connectivity index (χ1v) is 7.67. The predicted octanol–water partition coefficient (Wildman–Crippen LogP) is 2.66. The van der Waals surface area contributed by atoms with E-state index in [4.69, 9.17) is 5.73 Å². The minimum Gasteiger partial charge on any atom is -0.326 e. The van der Waals surface area contributed by atoms with E-state index >= 15 is 0 Å². The number of hydrogen-bond donors (Lipinski definition) is 1. The first-order chi connectivity index (χ1) is 9.47. The molecule has 0 aliphatic rings. The van der Waals surface area contributed by atoms with Gasteiger partial charge in [0, 0.05) is 25.2 Å². The topological polar surface area (TPSA) is 32.5 Å². The molecule has 0 aliphatic heterocycles. The fraction of sp³-hybridized carbons (Fsp3) is 0.647. The molecular weight excluding hydrogens is 246 g/mol. The van der Waals surface area contributed by atoms with Crippen molar-refractivity contribution >= 4 is 0 Å². The van der Waals surface area contributed by atoms with E-state index in [0.29, 0.717) is 6.04 Å². The smallest absolute Gasteiger partial charge is 0.0499 e. The number of rotatable bonds is 8. The predicted molar refractivity (Wildman–Crippen MR) is 88.0 cm³/mol. The van der Waals surface area contributed by atoms with Crippen LogP contribution in [0.15, 0.2) is 24.3 Å². The molecule has 0 amide bonds. The van der Waals surface area contributed by atoms with Crippen LogP contribution in [0.3, 0.4) is 0 Å². The summed E-state index contributed by atoms with van der Waals surface area (Å²) in [6, 6.07) is 9.05. The fourth-order valence-corrected chi connectivity index (χ4v) is 2.74. The quantitative estimate of drug-likeness (QED) is 0.793. The maximum Gasteiger partial charge on any atom is 0.0499 e. The molecule has 0 saturated carbocycles. The van der Waals surface area contributed by atoms with Gasteiger partial charge in [-0.25, -0.2) is 0 Å². The Hall–Kier alpha value is -0.900. The zero-order valence-corrected chi connectivity index (χ0v) is 13.8. The van der Waals surface area contributed by atoms with Crippen LogP contribution in [0, 0.1) is 6.92 Å². The molecule has 2 atom stereocenters. The van der Waals surface area contributed by atoms with E-state index < -0.39 is 0 Å². The maximum atomic E-state index is 6.32. The second-order valence-corrected chi connectivity index (χ2v) is 6.00. The summed E-state index contributed by atoms with van der Waals surface area (Å²) in [4.78, 5) is 4.77. The van der Waals surface area contributed by atoms with Crippen LogP contribution in [-0.4, -0.2) is 49.6 Å². The summed E-state index contributed by atoms with van der Waals surface area (Å²) < 4.78 is 0. The molecule has 0 aliphatic carbocycles. The highest BCUT2D eigenvalue weighted by Gasteiger charge is 2.24. The summed E-state index contributed by atoms with van der Waals surface area (Å²) in [6.45, 7) is 9.75. The summed E-state index contributed by atoms with van der Waals surface area (Å²) >= 11 is 0. The van der Waals surface area contributed by atoms with Crippen molar-refractivity contribution in [2.24, 2.45) is 5.73 Å². The third-order valence-electron chi connectivity index (χ3n) is 3.74. The molecule has 2 N–H and O–H groups in total. The van der Waals surface area contributed by atoms with Gasteiger partial charge in [0.1, 0.15) is 0 Å². The van der Waals surface area contributed by atoms with Crippen LogP contribution in [-0.2, 0) is 0 Å². The monoisotopic (exact) mass is 277 g/mol. The highest BCUT2D eigenvalue weighted by molar-refractivity contribution is 5.29. The lowest BCUT2D eigenvalue weighted by Crippen LogP contribution is -2.43. The van der Waals surface area contributed by atoms with Crippen molar-refractivity contribution in [2.45, 2.75) is 39.3 Å². The molecule has 0 heterocycles. The Morgan fingerprint density at radius 3 is 2.25 bits per heavy atom. The molecule has 1 aromatic carbocycles. The third kappa shape index (κ3) is 4.89. The van der Waals surface area contributed by atoms with Crippen LogP contribution in [0.5, 0.6) is 0 Å². The Labute approximate surface area is 124 Å². The third-order valence-corrected chi connectivity index (χ3v) is 3.74. The Kier molecular flexibility index (Phi) is 7.20. The lowest BCUT2D eigenvalue weighted by Gasteiger charge is -2.36. The Balaban J connectivity index is 2.99. The summed E-state index contributed by atoms with van der Waals surface area (Å²) in [7, 11) is 4.25. The van der Waals surface area contributed by atoms with Crippen LogP contribution in [0.1, 0.15) is 37.4 Å². The first-order valence-electron chi connectivity index (χ1n) is 7.67. The number of likely N-dealkylation sites (N-methyl/N-ethyl adjacent to an activating group) is 1. The van der Waals surface area contributed by atoms with Crippen LogP contribution in [0.2, 0.25) is 0 Å². The van der Waals surface area contributed by atoms with Crippen molar-refractivity contribution in [1.82, 2.24) is 9.80 Å². The van der Waals surface area contributed by atoms with Gasteiger partial charge in [-0.3, -0.25) is 4.90 Å². The lowest BCUT2D eigenvalue weighted by atomic mass is 9.95. The highest BCUT2D eigenvalue weighted by Crippen LogP contribution is 2.26. The molecule has 0 fully saturated rings. The molecule has 0 saturated heterocycles. The van der Waals surface area contributed by atoms with Gasteiger partial charge in [-0.1, -0.05) is 31.2 Å². The van der Waals surface area contributed by atoms with E-state index in [1.807, 2.05) is 0 Å². The largest absolute Gasteiger partial charge is 0.326 e. The van der Waals surface area contributed by atoms with Gasteiger partial charge in [-0.15, -0.1) is 0 Å². The Morgan fingerprint density at radius 2 is 1.75 bits per heavy atom. The van der Waals surface area contributed by atoms with Crippen LogP contribution < -0.4 is 5.73 Å². The van der Waals surface area contributed by atoms with Gasteiger partial charge < -0.3 is 10.6 Å². The van der Waals surface area contributed by atoms with Gasteiger partial charge in [-0.05, 0) is 52.0 Å². The minimum absolute atomic E-state index is 0.129. The molecule has 3 heteroatoms. The molecule has 3 nitrogen and oxygen atoms in total. The second-order valence-electron chi connectivity index (χ2n) is 6.00. The van der Waals surface area contributed by atoms with E-state index in [0.717, 1.165) is 26.1 Å². The molecule has 1 aromatic rings. The minimum atomic E-state index is 0.129. The SMILES string of the molecule is CCCN(CCN(C)C)C(c1ccccc1C)C(C)N. The van der Waals surface area contributed by atoms with Crippen molar-refractivity contribution in [3.63, 3.8) is 0 Å². The fourth-order valence-electron chi connectivity index (χ4n) is 2.74. The number of hydrogen-bond acceptors (Lipinski definition) is 3. The van der Waals surface area contributed by atoms with E-state index in [9.17, 15) is 0 Å². The van der Waals surface area contributed by atoms with Gasteiger partial charge in [0.15, 0.2) is 0 Å². The number of nitrogens with zero attached hydrogens (tertiary/aromatic N) is 2. The standard InChI is InChI=1S/C17H31N3/c1-6-11-20(13-12-19(4)5)17(15(3)18)16-10-8-7-9-14(16)2/h7-10,15,17H,6,11-13,18H2,1-5H3. The van der Waals surface area contributed by atoms with Crippen molar-refractivity contribution in [1.29, 1.82) is 0 Å². The maximum absolute atomic E-state index is 6.32. The van der Waals surface area contributed by atoms with Crippen LogP contribution in [0.4, 0.5) is 0 Å². The molecule has 0 spiro atoms. The summed E-state index contributed by atoms with van der Waals surface area (Å²) in [6.07, 6.45) is 1.16. The van der Waals surface area contributed by atoms with Crippen molar-refractivity contribution < 1.29 is 0 Å². The van der Waals surface area contributed by atoms with E-state index in [2.05, 4.69) is 68.9 Å². The molecule has 114 valence electrons. The Bertz CT molecular complexity index is 388. The van der Waals surface area contributed by atoms with E-state index in [1.165, 1.54) is 11.1 Å². The second kappa shape index (κ2) is 8.40. The van der Waals surface area contributed by atoms with E-state index in [1.54, 1.807) is 0 Å². The average Bonchev–Trinajstić information content (AvgIpc) is 2.38. The molecule has 0 bridgehead atoms. The summed E-state index contributed by atoms with van der Waals surface area (Å²) in [5.41, 5.74) is 9.02. The van der Waals surface area contributed by atoms with Gasteiger partial charge in [0.05, 0.1) is 0 Å². The van der Waals surface area contributed by atoms with Crippen molar-refractivity contribution in [2.75, 3.05) is 33.7 Å². The average molecular weight is 277 g/mol. The number of benzene rings is 1. The van der Waals surface area contributed by atoms with E-state index in [-0.39, 0.29) is 6.04 Å². The molecule has 0 radical (unpaired) electrons. The van der Waals surface area contributed by atoms with Crippen molar-refractivity contribution in [3.8, 4) is 0 Å². The Morgan fingerprint density at radius 1 is 1.10 bits per heavy atom. The van der Waals surface area contributed by atoms with Crippen molar-refractivity contribution in [3.05, 3.63) is 35.4 Å². The lowest BCUT2D eigenvalue weighted by molar-refractivity contribution is 0.160. The molecule has 0 aromatic heterocycles. The summed E-state index contributed by atoms with van der Waals surface area (Å²) in [5, 5.41) is 0. The zero-order valence-electron chi connectivity index (χ0n) is 13.8. The van der Waals surface area contributed by atoms with Gasteiger partial charge in [0.2, 0.25) is 0 Å². The van der Waals surface area contributed by atoms with Gasteiger partial charge >= 0.3 is 0 Å².